The maximum atomic E-state index is 8.95. The molecule has 2 rings (SSSR count). The van der Waals surface area contributed by atoms with Gasteiger partial charge in [0.25, 0.3) is 0 Å². The van der Waals surface area contributed by atoms with Crippen LogP contribution in [0.5, 0.6) is 5.75 Å². The third-order valence-electron chi connectivity index (χ3n) is 5.43. The quantitative estimate of drug-likeness (QED) is 0.411. The zero-order valence-electron chi connectivity index (χ0n) is 19.5. The summed E-state index contributed by atoms with van der Waals surface area (Å²) in [6.45, 7) is 13.8. The Kier molecular flexibility index (Phi) is 9.87. The normalized spacial score (nSPS) is 12.9. The number of rotatable bonds is 12. The number of hydrogen-bond donors (Lipinski definition) is 1. The standard InChI is InChI=1S/C27H40O3/c1-21(2)19-26(27(3,4)5)24-11-7-23(8-12-24)20-29-17-6-18-30-25-13-9-22(10-14-25)15-16-28/h7-14,21,26,28H,6,15-20H2,1-5H3. The highest BCUT2D eigenvalue weighted by Gasteiger charge is 2.26. The van der Waals surface area contributed by atoms with E-state index in [-0.39, 0.29) is 12.0 Å². The summed E-state index contributed by atoms with van der Waals surface area (Å²) in [6, 6.07) is 16.9. The van der Waals surface area contributed by atoms with Crippen molar-refractivity contribution in [1.29, 1.82) is 0 Å². The van der Waals surface area contributed by atoms with Crippen LogP contribution in [0.25, 0.3) is 0 Å². The fourth-order valence-corrected chi connectivity index (χ4v) is 3.73. The summed E-state index contributed by atoms with van der Waals surface area (Å²) in [5.74, 6) is 2.13. The van der Waals surface area contributed by atoms with Crippen LogP contribution in [0.2, 0.25) is 0 Å². The van der Waals surface area contributed by atoms with E-state index in [0.717, 1.165) is 17.7 Å². The molecule has 1 N–H and O–H groups in total. The summed E-state index contributed by atoms with van der Waals surface area (Å²) >= 11 is 0. The van der Waals surface area contributed by atoms with Crippen LogP contribution in [-0.4, -0.2) is 24.9 Å². The fraction of sp³-hybridized carbons (Fsp3) is 0.556. The van der Waals surface area contributed by atoms with E-state index in [2.05, 4.69) is 58.9 Å². The third-order valence-corrected chi connectivity index (χ3v) is 5.43. The lowest BCUT2D eigenvalue weighted by atomic mass is 9.72. The predicted molar refractivity (Wildman–Crippen MR) is 125 cm³/mol. The molecule has 0 aromatic heterocycles. The number of benzene rings is 2. The molecule has 2 aromatic rings. The first kappa shape index (κ1) is 24.4. The zero-order valence-corrected chi connectivity index (χ0v) is 19.5. The molecule has 0 radical (unpaired) electrons. The minimum Gasteiger partial charge on any atom is -0.494 e. The van der Waals surface area contributed by atoms with Crippen LogP contribution in [0.3, 0.4) is 0 Å². The van der Waals surface area contributed by atoms with Crippen molar-refractivity contribution in [3.05, 3.63) is 65.2 Å². The van der Waals surface area contributed by atoms with Crippen molar-refractivity contribution in [3.63, 3.8) is 0 Å². The van der Waals surface area contributed by atoms with Gasteiger partial charge in [0.05, 0.1) is 19.8 Å². The Morgan fingerprint density at radius 3 is 2.07 bits per heavy atom. The number of ether oxygens (including phenoxy) is 2. The SMILES string of the molecule is CC(C)CC(c1ccc(COCCCOc2ccc(CCO)cc2)cc1)C(C)(C)C. The number of hydrogen-bond acceptors (Lipinski definition) is 3. The van der Waals surface area contributed by atoms with E-state index >= 15 is 0 Å². The average molecular weight is 413 g/mol. The molecule has 0 bridgehead atoms. The summed E-state index contributed by atoms with van der Waals surface area (Å²) in [4.78, 5) is 0. The molecule has 30 heavy (non-hydrogen) atoms. The van der Waals surface area contributed by atoms with Crippen molar-refractivity contribution in [2.24, 2.45) is 11.3 Å². The first-order chi connectivity index (χ1) is 14.3. The monoisotopic (exact) mass is 412 g/mol. The number of aliphatic hydroxyl groups excluding tert-OH is 1. The summed E-state index contributed by atoms with van der Waals surface area (Å²) in [5.41, 5.74) is 4.04. The van der Waals surface area contributed by atoms with Crippen molar-refractivity contribution >= 4 is 0 Å². The van der Waals surface area contributed by atoms with E-state index in [1.165, 1.54) is 17.5 Å². The van der Waals surface area contributed by atoms with Crippen LogP contribution in [0.4, 0.5) is 0 Å². The molecule has 0 aliphatic rings. The molecule has 0 saturated heterocycles. The molecular formula is C27H40O3. The van der Waals surface area contributed by atoms with Gasteiger partial charge in [0, 0.05) is 13.0 Å². The molecule has 1 atom stereocenters. The Bertz CT molecular complexity index is 711. The highest BCUT2D eigenvalue weighted by Crippen LogP contribution is 2.39. The van der Waals surface area contributed by atoms with Crippen molar-refractivity contribution in [2.45, 2.75) is 66.4 Å². The molecule has 0 heterocycles. The Labute approximate surface area is 183 Å². The van der Waals surface area contributed by atoms with Crippen molar-refractivity contribution in [1.82, 2.24) is 0 Å². The van der Waals surface area contributed by atoms with Gasteiger partial charge in [0.2, 0.25) is 0 Å². The lowest BCUT2D eigenvalue weighted by molar-refractivity contribution is 0.107. The average Bonchev–Trinajstić information content (AvgIpc) is 2.70. The van der Waals surface area contributed by atoms with Gasteiger partial charge in [-0.05, 0) is 58.9 Å². The minimum atomic E-state index is 0.176. The van der Waals surface area contributed by atoms with Gasteiger partial charge in [-0.15, -0.1) is 0 Å². The molecule has 3 nitrogen and oxygen atoms in total. The molecular weight excluding hydrogens is 372 g/mol. The van der Waals surface area contributed by atoms with Crippen LogP contribution in [-0.2, 0) is 17.8 Å². The molecule has 0 spiro atoms. The molecule has 0 amide bonds. The summed E-state index contributed by atoms with van der Waals surface area (Å²) in [7, 11) is 0. The van der Waals surface area contributed by atoms with Crippen molar-refractivity contribution < 1.29 is 14.6 Å². The molecule has 166 valence electrons. The molecule has 0 aliphatic heterocycles. The van der Waals surface area contributed by atoms with Gasteiger partial charge in [0.15, 0.2) is 0 Å². The molecule has 1 unspecified atom stereocenters. The second kappa shape index (κ2) is 12.1. The largest absolute Gasteiger partial charge is 0.494 e. The molecule has 0 saturated carbocycles. The van der Waals surface area contributed by atoms with Gasteiger partial charge in [-0.25, -0.2) is 0 Å². The van der Waals surface area contributed by atoms with E-state index in [4.69, 9.17) is 14.6 Å². The molecule has 0 aliphatic carbocycles. The molecule has 2 aromatic carbocycles. The maximum absolute atomic E-state index is 8.95. The van der Waals surface area contributed by atoms with Crippen LogP contribution in [0.15, 0.2) is 48.5 Å². The Hall–Kier alpha value is -1.84. The predicted octanol–water partition coefficient (Wildman–Crippen LogP) is 6.38. The topological polar surface area (TPSA) is 38.7 Å². The van der Waals surface area contributed by atoms with Gasteiger partial charge in [-0.2, -0.15) is 0 Å². The van der Waals surface area contributed by atoms with E-state index in [9.17, 15) is 0 Å². The van der Waals surface area contributed by atoms with Crippen LogP contribution in [0, 0.1) is 11.3 Å². The first-order valence-corrected chi connectivity index (χ1v) is 11.3. The Morgan fingerprint density at radius 1 is 0.867 bits per heavy atom. The lowest BCUT2D eigenvalue weighted by Gasteiger charge is -2.32. The van der Waals surface area contributed by atoms with Gasteiger partial charge in [-0.1, -0.05) is 71.0 Å². The van der Waals surface area contributed by atoms with E-state index in [1.54, 1.807) is 0 Å². The van der Waals surface area contributed by atoms with Crippen molar-refractivity contribution in [2.75, 3.05) is 19.8 Å². The van der Waals surface area contributed by atoms with Gasteiger partial charge < -0.3 is 14.6 Å². The Balaban J connectivity index is 1.71. The van der Waals surface area contributed by atoms with Crippen molar-refractivity contribution in [3.8, 4) is 5.75 Å². The molecule has 3 heteroatoms. The molecule has 0 fully saturated rings. The minimum absolute atomic E-state index is 0.176. The second-order valence-corrected chi connectivity index (χ2v) is 9.66. The third kappa shape index (κ3) is 8.49. The van der Waals surface area contributed by atoms with Crippen LogP contribution < -0.4 is 4.74 Å². The fourth-order valence-electron chi connectivity index (χ4n) is 3.73. The summed E-state index contributed by atoms with van der Waals surface area (Å²) in [5, 5.41) is 8.95. The first-order valence-electron chi connectivity index (χ1n) is 11.3. The number of aliphatic hydroxyl groups is 1. The van der Waals surface area contributed by atoms with E-state index in [0.29, 0.717) is 38.1 Å². The van der Waals surface area contributed by atoms with E-state index < -0.39 is 0 Å². The maximum Gasteiger partial charge on any atom is 0.119 e. The van der Waals surface area contributed by atoms with Crippen LogP contribution >= 0.6 is 0 Å². The highest BCUT2D eigenvalue weighted by atomic mass is 16.5. The summed E-state index contributed by atoms with van der Waals surface area (Å²) in [6.07, 6.45) is 2.75. The zero-order chi connectivity index (χ0) is 22.0. The van der Waals surface area contributed by atoms with Gasteiger partial charge >= 0.3 is 0 Å². The lowest BCUT2D eigenvalue weighted by Crippen LogP contribution is -2.20. The second-order valence-electron chi connectivity index (χ2n) is 9.66. The van der Waals surface area contributed by atoms with Crippen LogP contribution in [0.1, 0.15) is 70.1 Å². The summed E-state index contributed by atoms with van der Waals surface area (Å²) < 4.78 is 11.6. The highest BCUT2D eigenvalue weighted by molar-refractivity contribution is 5.28. The Morgan fingerprint density at radius 2 is 1.50 bits per heavy atom. The van der Waals surface area contributed by atoms with Gasteiger partial charge in [0.1, 0.15) is 5.75 Å². The van der Waals surface area contributed by atoms with E-state index in [1.807, 2.05) is 24.3 Å². The van der Waals surface area contributed by atoms with Gasteiger partial charge in [-0.3, -0.25) is 0 Å². The smallest absolute Gasteiger partial charge is 0.119 e.